The smallest absolute Gasteiger partial charge is 0.509 e. The Hall–Kier alpha value is -3.40. The van der Waals surface area contributed by atoms with Crippen molar-refractivity contribution in [3.8, 4) is 0 Å². The van der Waals surface area contributed by atoms with E-state index in [1.165, 1.54) is 18.6 Å². The second-order valence-corrected chi connectivity index (χ2v) is 11.8. The van der Waals surface area contributed by atoms with Crippen molar-refractivity contribution in [3.05, 3.63) is 60.2 Å². The second-order valence-electron chi connectivity index (χ2n) is 11.8. The molecular formula is C29H38BN3O6. The van der Waals surface area contributed by atoms with E-state index in [0.717, 1.165) is 5.56 Å². The average molecular weight is 535 g/mol. The summed E-state index contributed by atoms with van der Waals surface area (Å²) in [6.07, 6.45) is 4.23. The Labute approximate surface area is 230 Å². The predicted octanol–water partition coefficient (Wildman–Crippen LogP) is 4.02. The van der Waals surface area contributed by atoms with Crippen molar-refractivity contribution in [1.82, 2.24) is 15.3 Å². The molecule has 0 aliphatic carbocycles. The van der Waals surface area contributed by atoms with E-state index in [9.17, 15) is 19.2 Å². The lowest BCUT2D eigenvalue weighted by atomic mass is 9.64. The molecule has 2 aromatic rings. The summed E-state index contributed by atoms with van der Waals surface area (Å²) < 4.78 is 11.6. The van der Waals surface area contributed by atoms with Crippen molar-refractivity contribution in [3.63, 3.8) is 0 Å². The van der Waals surface area contributed by atoms with Crippen LogP contribution in [0.15, 0.2) is 48.9 Å². The number of nitrogens with one attached hydrogen (secondary N) is 1. The monoisotopic (exact) mass is 535 g/mol. The molecule has 0 spiro atoms. The molecule has 0 saturated carbocycles. The van der Waals surface area contributed by atoms with Crippen LogP contribution in [0, 0.1) is 11.3 Å². The van der Waals surface area contributed by atoms with Gasteiger partial charge in [-0.2, -0.15) is 0 Å². The van der Waals surface area contributed by atoms with E-state index in [1.807, 2.05) is 65.0 Å². The minimum Gasteiger partial charge on any atom is -0.509 e. The molecule has 2 heterocycles. The van der Waals surface area contributed by atoms with E-state index in [4.69, 9.17) is 9.31 Å². The molecular weight excluding hydrogens is 497 g/mol. The molecule has 1 aromatic carbocycles. The highest BCUT2D eigenvalue weighted by Gasteiger charge is 2.44. The lowest BCUT2D eigenvalue weighted by Gasteiger charge is -2.33. The topological polar surface area (TPSA) is 125 Å². The number of Topliss-reactive ketones (excluding diaryl/α,β-unsaturated/α-hetero) is 2. The molecule has 0 bridgehead atoms. The van der Waals surface area contributed by atoms with Gasteiger partial charge in [-0.1, -0.05) is 65.0 Å². The molecule has 1 aromatic heterocycles. The van der Waals surface area contributed by atoms with Crippen molar-refractivity contribution in [2.75, 3.05) is 0 Å². The van der Waals surface area contributed by atoms with Gasteiger partial charge in [0.05, 0.1) is 18.7 Å². The molecule has 3 rings (SSSR count). The van der Waals surface area contributed by atoms with Crippen molar-refractivity contribution in [2.24, 2.45) is 11.3 Å². The van der Waals surface area contributed by atoms with Gasteiger partial charge in [0, 0.05) is 31.1 Å². The van der Waals surface area contributed by atoms with Crippen molar-refractivity contribution >= 4 is 30.6 Å². The molecule has 9 nitrogen and oxygen atoms in total. The molecule has 1 N–H and O–H groups in total. The summed E-state index contributed by atoms with van der Waals surface area (Å²) >= 11 is 0. The minimum absolute atomic E-state index is 0.00540. The fourth-order valence-electron chi connectivity index (χ4n) is 4.64. The molecule has 3 atom stereocenters. The third-order valence-electron chi connectivity index (χ3n) is 6.36. The zero-order valence-electron chi connectivity index (χ0n) is 23.4. The number of rotatable bonds is 12. The zero-order valence-corrected chi connectivity index (χ0v) is 23.4. The molecule has 0 unspecified atom stereocenters. The van der Waals surface area contributed by atoms with Crippen molar-refractivity contribution < 1.29 is 28.5 Å². The number of ketones is 2. The highest BCUT2D eigenvalue weighted by atomic mass is 16.6. The predicted molar refractivity (Wildman–Crippen MR) is 147 cm³/mol. The van der Waals surface area contributed by atoms with Crippen molar-refractivity contribution in [1.29, 1.82) is 0 Å². The van der Waals surface area contributed by atoms with E-state index in [1.54, 1.807) is 0 Å². The first-order chi connectivity index (χ1) is 18.4. The summed E-state index contributed by atoms with van der Waals surface area (Å²) in [6.45, 7) is 9.85. The summed E-state index contributed by atoms with van der Waals surface area (Å²) in [4.78, 5) is 60.0. The maximum atomic E-state index is 13.7. The molecule has 1 aliphatic heterocycles. The van der Waals surface area contributed by atoms with Gasteiger partial charge in [-0.15, -0.1) is 0 Å². The number of carbonyl (C=O) groups excluding carboxylic acids is 4. The molecule has 10 heteroatoms. The highest BCUT2D eigenvalue weighted by molar-refractivity contribution is 6.50. The molecule has 1 aliphatic rings. The van der Waals surface area contributed by atoms with Gasteiger partial charge in [0.2, 0.25) is 0 Å². The van der Waals surface area contributed by atoms with Gasteiger partial charge < -0.3 is 14.6 Å². The zero-order chi connectivity index (χ0) is 28.6. The quantitative estimate of drug-likeness (QED) is 0.404. The molecule has 1 fully saturated rings. The average Bonchev–Trinajstić information content (AvgIpc) is 2.87. The van der Waals surface area contributed by atoms with Crippen molar-refractivity contribution in [2.45, 2.75) is 84.7 Å². The number of carbonyl (C=O) groups is 4. The highest BCUT2D eigenvalue weighted by Crippen LogP contribution is 2.32. The summed E-state index contributed by atoms with van der Waals surface area (Å²) in [7, 11) is -1.03. The van der Waals surface area contributed by atoms with Gasteiger partial charge in [0.15, 0.2) is 11.6 Å². The number of benzene rings is 1. The summed E-state index contributed by atoms with van der Waals surface area (Å²) in [5.74, 6) is -1.74. The Morgan fingerprint density at radius 2 is 1.85 bits per heavy atom. The van der Waals surface area contributed by atoms with Crippen LogP contribution in [0.3, 0.4) is 0 Å². The SMILES string of the molecule is CC(C)C[C@H](CC(=O)[C@H](Cc1ccccc1)NC(=O)c1cnccn1)B1OC(=O)C[C@H](C(=O)CC(C)(C)C)O1. The van der Waals surface area contributed by atoms with Crippen LogP contribution in [-0.4, -0.2) is 52.7 Å². The van der Waals surface area contributed by atoms with Gasteiger partial charge >= 0.3 is 7.12 Å². The first kappa shape index (κ1) is 30.2. The standard InChI is InChI=1S/C29H38BN3O6/c1-19(2)13-21(30-38-26(16-27(36)39-30)25(35)17-29(3,4)5)15-24(34)22(14-20-9-7-6-8-10-20)33-28(37)23-18-31-11-12-32-23/h6-12,18-19,21-22,26H,13-17H2,1-5H3,(H,33,37)/t21-,22+,26-/m1/s1. The second kappa shape index (κ2) is 13.6. The van der Waals surface area contributed by atoms with Crippen LogP contribution in [0.2, 0.25) is 5.82 Å². The summed E-state index contributed by atoms with van der Waals surface area (Å²) in [6, 6.07) is 8.54. The molecule has 208 valence electrons. The van der Waals surface area contributed by atoms with Gasteiger partial charge in [-0.25, -0.2) is 4.98 Å². The van der Waals surface area contributed by atoms with Crippen LogP contribution in [0.4, 0.5) is 0 Å². The van der Waals surface area contributed by atoms with Crippen LogP contribution >= 0.6 is 0 Å². The fourth-order valence-corrected chi connectivity index (χ4v) is 4.64. The Morgan fingerprint density at radius 1 is 1.13 bits per heavy atom. The van der Waals surface area contributed by atoms with E-state index >= 15 is 0 Å². The Balaban J connectivity index is 1.80. The Kier molecular flexibility index (Phi) is 10.5. The summed E-state index contributed by atoms with van der Waals surface area (Å²) in [5, 5.41) is 2.81. The third kappa shape index (κ3) is 9.69. The molecule has 0 radical (unpaired) electrons. The minimum atomic E-state index is -1.03. The van der Waals surface area contributed by atoms with Crippen LogP contribution in [0.5, 0.6) is 0 Å². The number of hydrogen-bond donors (Lipinski definition) is 1. The van der Waals surface area contributed by atoms with Crippen LogP contribution in [-0.2, 0) is 30.1 Å². The number of amides is 1. The lowest BCUT2D eigenvalue weighted by molar-refractivity contribution is -0.149. The van der Waals surface area contributed by atoms with E-state index in [0.29, 0.717) is 6.42 Å². The fraction of sp³-hybridized carbons (Fsp3) is 0.517. The van der Waals surface area contributed by atoms with Gasteiger partial charge in [0.1, 0.15) is 11.8 Å². The van der Waals surface area contributed by atoms with Crippen LogP contribution in [0.1, 0.15) is 76.4 Å². The lowest BCUT2D eigenvalue weighted by Crippen LogP contribution is -2.48. The maximum Gasteiger partial charge on any atom is 0.531 e. The summed E-state index contributed by atoms with van der Waals surface area (Å²) in [5.41, 5.74) is 0.729. The molecule has 39 heavy (non-hydrogen) atoms. The maximum absolute atomic E-state index is 13.7. The van der Waals surface area contributed by atoms with E-state index in [-0.39, 0.29) is 54.3 Å². The number of nitrogens with zero attached hydrogens (tertiary/aromatic N) is 2. The Morgan fingerprint density at radius 3 is 2.46 bits per heavy atom. The largest absolute Gasteiger partial charge is 0.531 e. The Bertz CT molecular complexity index is 1140. The molecule has 1 saturated heterocycles. The van der Waals surface area contributed by atoms with E-state index in [2.05, 4.69) is 15.3 Å². The van der Waals surface area contributed by atoms with Crippen LogP contribution in [0.25, 0.3) is 0 Å². The van der Waals surface area contributed by atoms with E-state index < -0.39 is 37.0 Å². The molecule has 1 amide bonds. The van der Waals surface area contributed by atoms with Gasteiger partial charge in [-0.3, -0.25) is 24.2 Å². The van der Waals surface area contributed by atoms with Gasteiger partial charge in [-0.05, 0) is 29.7 Å². The first-order valence-corrected chi connectivity index (χ1v) is 13.4. The number of aromatic nitrogens is 2. The first-order valence-electron chi connectivity index (χ1n) is 13.4. The third-order valence-corrected chi connectivity index (χ3v) is 6.36. The van der Waals surface area contributed by atoms with Gasteiger partial charge in [0.25, 0.3) is 11.9 Å². The normalized spacial score (nSPS) is 17.3. The van der Waals surface area contributed by atoms with Crippen LogP contribution < -0.4 is 5.32 Å². The number of hydrogen-bond acceptors (Lipinski definition) is 8.